The van der Waals surface area contributed by atoms with Gasteiger partial charge < -0.3 is 19.5 Å². The molecule has 0 spiro atoms. The van der Waals surface area contributed by atoms with Crippen molar-refractivity contribution in [3.8, 4) is 17.2 Å². The molecule has 2 aromatic rings. The molecular weight excluding hydrogens is 354 g/mol. The summed E-state index contributed by atoms with van der Waals surface area (Å²) in [7, 11) is 3.18. The molecular formula is C20H24ClNO4. The van der Waals surface area contributed by atoms with E-state index in [9.17, 15) is 4.79 Å². The fourth-order valence-electron chi connectivity index (χ4n) is 2.67. The third-order valence-corrected chi connectivity index (χ3v) is 4.31. The molecule has 0 fully saturated rings. The van der Waals surface area contributed by atoms with Gasteiger partial charge in [0.05, 0.1) is 20.3 Å². The van der Waals surface area contributed by atoms with E-state index in [2.05, 4.69) is 5.32 Å². The molecule has 6 heteroatoms. The average Bonchev–Trinajstić information content (AvgIpc) is 2.61. The molecule has 0 aliphatic heterocycles. The van der Waals surface area contributed by atoms with E-state index in [0.717, 1.165) is 11.1 Å². The summed E-state index contributed by atoms with van der Waals surface area (Å²) in [4.78, 5) is 12.5. The number of amides is 1. The van der Waals surface area contributed by atoms with E-state index in [1.165, 1.54) is 0 Å². The van der Waals surface area contributed by atoms with Crippen molar-refractivity contribution in [2.45, 2.75) is 32.9 Å². The Morgan fingerprint density at radius 3 is 2.35 bits per heavy atom. The first-order valence-electron chi connectivity index (χ1n) is 8.30. The molecule has 2 rings (SSSR count). The zero-order valence-electron chi connectivity index (χ0n) is 15.6. The van der Waals surface area contributed by atoms with Crippen LogP contribution in [0.25, 0.3) is 0 Å². The number of methoxy groups -OCH3 is 2. The van der Waals surface area contributed by atoms with Gasteiger partial charge in [-0.3, -0.25) is 4.79 Å². The molecule has 0 bridgehead atoms. The molecule has 0 aliphatic rings. The van der Waals surface area contributed by atoms with E-state index in [1.54, 1.807) is 45.4 Å². The molecule has 2 atom stereocenters. The van der Waals surface area contributed by atoms with Crippen LogP contribution in [0.4, 0.5) is 0 Å². The minimum absolute atomic E-state index is 0.215. The Bertz CT molecular complexity index is 778. The van der Waals surface area contributed by atoms with Crippen LogP contribution < -0.4 is 19.5 Å². The normalized spacial score (nSPS) is 12.8. The quantitative estimate of drug-likeness (QED) is 0.781. The second-order valence-electron chi connectivity index (χ2n) is 6.01. The molecule has 2 aromatic carbocycles. The van der Waals surface area contributed by atoms with Gasteiger partial charge in [0.25, 0.3) is 5.91 Å². The number of nitrogens with one attached hydrogen (secondary N) is 1. The lowest BCUT2D eigenvalue weighted by Crippen LogP contribution is -2.38. The maximum Gasteiger partial charge on any atom is 0.261 e. The predicted octanol–water partition coefficient (Wildman–Crippen LogP) is 4.31. The highest BCUT2D eigenvalue weighted by molar-refractivity contribution is 6.30. The SMILES string of the molecule is COc1cc(C)c(C(C)NC(=O)C(C)Oc2cccc(Cl)c2)cc1OC. The fraction of sp³-hybridized carbons (Fsp3) is 0.350. The van der Waals surface area contributed by atoms with Gasteiger partial charge in [0.1, 0.15) is 5.75 Å². The minimum Gasteiger partial charge on any atom is -0.493 e. The van der Waals surface area contributed by atoms with Crippen molar-refractivity contribution in [3.05, 3.63) is 52.5 Å². The number of carbonyl (C=O) groups excluding carboxylic acids is 1. The summed E-state index contributed by atoms with van der Waals surface area (Å²) in [5.41, 5.74) is 1.95. The topological polar surface area (TPSA) is 56.8 Å². The van der Waals surface area contributed by atoms with Gasteiger partial charge in [-0.2, -0.15) is 0 Å². The first-order valence-corrected chi connectivity index (χ1v) is 8.68. The van der Waals surface area contributed by atoms with E-state index in [1.807, 2.05) is 26.0 Å². The summed E-state index contributed by atoms with van der Waals surface area (Å²) in [6.45, 7) is 5.58. The van der Waals surface area contributed by atoms with Gasteiger partial charge in [-0.15, -0.1) is 0 Å². The molecule has 26 heavy (non-hydrogen) atoms. The predicted molar refractivity (Wildman–Crippen MR) is 102 cm³/mol. The van der Waals surface area contributed by atoms with Crippen molar-refractivity contribution in [2.75, 3.05) is 14.2 Å². The number of aryl methyl sites for hydroxylation is 1. The molecule has 1 N–H and O–H groups in total. The third-order valence-electron chi connectivity index (χ3n) is 4.08. The van der Waals surface area contributed by atoms with E-state index in [0.29, 0.717) is 22.3 Å². The summed E-state index contributed by atoms with van der Waals surface area (Å²) >= 11 is 5.94. The number of halogens is 1. The van der Waals surface area contributed by atoms with Gasteiger partial charge in [-0.05, 0) is 62.2 Å². The van der Waals surface area contributed by atoms with Gasteiger partial charge in [-0.1, -0.05) is 17.7 Å². The van der Waals surface area contributed by atoms with Gasteiger partial charge in [0, 0.05) is 5.02 Å². The Morgan fingerprint density at radius 1 is 1.08 bits per heavy atom. The highest BCUT2D eigenvalue weighted by Gasteiger charge is 2.20. The number of rotatable bonds is 7. The Hall–Kier alpha value is -2.40. The van der Waals surface area contributed by atoms with Crippen LogP contribution in [-0.2, 0) is 4.79 Å². The molecule has 2 unspecified atom stereocenters. The fourth-order valence-corrected chi connectivity index (χ4v) is 2.85. The van der Waals surface area contributed by atoms with E-state index >= 15 is 0 Å². The molecule has 1 amide bonds. The van der Waals surface area contributed by atoms with Crippen LogP contribution in [0.1, 0.15) is 31.0 Å². The largest absolute Gasteiger partial charge is 0.493 e. The van der Waals surface area contributed by atoms with Crippen LogP contribution >= 0.6 is 11.6 Å². The van der Waals surface area contributed by atoms with Crippen molar-refractivity contribution in [1.82, 2.24) is 5.32 Å². The summed E-state index contributed by atoms with van der Waals surface area (Å²) in [5, 5.41) is 3.53. The minimum atomic E-state index is -0.656. The van der Waals surface area contributed by atoms with Gasteiger partial charge >= 0.3 is 0 Å². The molecule has 0 radical (unpaired) electrons. The van der Waals surface area contributed by atoms with Crippen LogP contribution in [0.5, 0.6) is 17.2 Å². The van der Waals surface area contributed by atoms with Gasteiger partial charge in [0.2, 0.25) is 0 Å². The zero-order chi connectivity index (χ0) is 19.3. The highest BCUT2D eigenvalue weighted by atomic mass is 35.5. The standard InChI is InChI=1S/C20H24ClNO4/c1-12-9-18(24-4)19(25-5)11-17(12)13(2)22-20(23)14(3)26-16-8-6-7-15(21)10-16/h6-11,13-14H,1-5H3,(H,22,23). The molecule has 0 aromatic heterocycles. The lowest BCUT2D eigenvalue weighted by molar-refractivity contribution is -0.127. The number of hydrogen-bond donors (Lipinski definition) is 1. The first-order chi connectivity index (χ1) is 12.3. The van der Waals surface area contributed by atoms with Crippen LogP contribution in [0.2, 0.25) is 5.02 Å². The van der Waals surface area contributed by atoms with Crippen LogP contribution in [-0.4, -0.2) is 26.2 Å². The highest BCUT2D eigenvalue weighted by Crippen LogP contribution is 2.32. The van der Waals surface area contributed by atoms with Crippen LogP contribution in [0.3, 0.4) is 0 Å². The second kappa shape index (κ2) is 8.81. The Balaban J connectivity index is 2.08. The molecule has 0 heterocycles. The molecule has 5 nitrogen and oxygen atoms in total. The first kappa shape index (κ1) is 19.9. The van der Waals surface area contributed by atoms with Crippen molar-refractivity contribution >= 4 is 17.5 Å². The molecule has 0 aliphatic carbocycles. The van der Waals surface area contributed by atoms with Crippen LogP contribution in [0.15, 0.2) is 36.4 Å². The summed E-state index contributed by atoms with van der Waals surface area (Å²) in [6, 6.07) is 10.5. The number of benzene rings is 2. The maximum atomic E-state index is 12.5. The van der Waals surface area contributed by atoms with Crippen molar-refractivity contribution in [1.29, 1.82) is 0 Å². The van der Waals surface area contributed by atoms with Gasteiger partial charge in [-0.25, -0.2) is 0 Å². The van der Waals surface area contributed by atoms with E-state index in [-0.39, 0.29) is 11.9 Å². The molecule has 0 saturated carbocycles. The van der Waals surface area contributed by atoms with Gasteiger partial charge in [0.15, 0.2) is 17.6 Å². The average molecular weight is 378 g/mol. The van der Waals surface area contributed by atoms with Crippen LogP contribution in [0, 0.1) is 6.92 Å². The van der Waals surface area contributed by atoms with Crippen molar-refractivity contribution in [2.24, 2.45) is 0 Å². The summed E-state index contributed by atoms with van der Waals surface area (Å²) in [5.74, 6) is 1.61. The van der Waals surface area contributed by atoms with E-state index < -0.39 is 6.10 Å². The Morgan fingerprint density at radius 2 is 1.73 bits per heavy atom. The number of ether oxygens (including phenoxy) is 3. The Kier molecular flexibility index (Phi) is 6.75. The Labute approximate surface area is 159 Å². The third kappa shape index (κ3) is 4.82. The summed E-state index contributed by atoms with van der Waals surface area (Å²) < 4.78 is 16.3. The maximum absolute atomic E-state index is 12.5. The lowest BCUT2D eigenvalue weighted by Gasteiger charge is -2.21. The molecule has 0 saturated heterocycles. The lowest BCUT2D eigenvalue weighted by atomic mass is 10.0. The van der Waals surface area contributed by atoms with Crippen molar-refractivity contribution in [3.63, 3.8) is 0 Å². The molecule has 140 valence electrons. The summed E-state index contributed by atoms with van der Waals surface area (Å²) in [6.07, 6.45) is -0.656. The monoisotopic (exact) mass is 377 g/mol. The smallest absolute Gasteiger partial charge is 0.261 e. The van der Waals surface area contributed by atoms with Crippen molar-refractivity contribution < 1.29 is 19.0 Å². The zero-order valence-corrected chi connectivity index (χ0v) is 16.4. The second-order valence-corrected chi connectivity index (χ2v) is 6.45. The van der Waals surface area contributed by atoms with E-state index in [4.69, 9.17) is 25.8 Å². The number of carbonyl (C=O) groups is 1. The number of hydrogen-bond acceptors (Lipinski definition) is 4.